The van der Waals surface area contributed by atoms with Crippen molar-refractivity contribution >= 4 is 28.7 Å². The van der Waals surface area contributed by atoms with E-state index >= 15 is 0 Å². The largest absolute Gasteiger partial charge is 0.435 e. The van der Waals surface area contributed by atoms with Gasteiger partial charge in [0.1, 0.15) is 5.75 Å². The van der Waals surface area contributed by atoms with Crippen LogP contribution < -0.4 is 15.4 Å². The number of aliphatic hydroxyl groups is 1. The van der Waals surface area contributed by atoms with Crippen LogP contribution in [0.5, 0.6) is 5.75 Å². The first-order valence-corrected chi connectivity index (χ1v) is 7.78. The molecule has 1 atom stereocenters. The summed E-state index contributed by atoms with van der Waals surface area (Å²) in [5, 5.41) is 26.5. The van der Waals surface area contributed by atoms with Gasteiger partial charge in [-0.15, -0.1) is 0 Å². The molecule has 138 valence electrons. The number of rotatable bonds is 7. The molecule has 0 heterocycles. The Morgan fingerprint density at radius 3 is 2.35 bits per heavy atom. The Morgan fingerprint density at radius 1 is 1.19 bits per heavy atom. The molecule has 3 N–H and O–H groups in total. The lowest BCUT2D eigenvalue weighted by molar-refractivity contribution is -0.384. The van der Waals surface area contributed by atoms with Crippen molar-refractivity contribution in [2.45, 2.75) is 12.7 Å². The van der Waals surface area contributed by atoms with Crippen LogP contribution in [0.25, 0.3) is 0 Å². The molecule has 0 aliphatic carbocycles. The molecule has 0 bridgehead atoms. The number of nitro benzene ring substituents is 1. The van der Waals surface area contributed by atoms with E-state index in [1.165, 1.54) is 48.5 Å². The number of aliphatic hydroxyl groups excluding tert-OH is 1. The van der Waals surface area contributed by atoms with Crippen LogP contribution in [-0.4, -0.2) is 28.3 Å². The molecule has 7 nitrogen and oxygen atoms in total. The van der Waals surface area contributed by atoms with E-state index in [4.69, 9.17) is 12.2 Å². The fourth-order valence-electron chi connectivity index (χ4n) is 2.02. The third kappa shape index (κ3) is 5.90. The van der Waals surface area contributed by atoms with Crippen molar-refractivity contribution in [2.75, 3.05) is 11.9 Å². The molecule has 0 saturated heterocycles. The Kier molecular flexibility index (Phi) is 6.75. The quantitative estimate of drug-likeness (QED) is 0.384. The van der Waals surface area contributed by atoms with Crippen LogP contribution in [0.1, 0.15) is 11.7 Å². The highest BCUT2D eigenvalue weighted by molar-refractivity contribution is 7.80. The zero-order chi connectivity index (χ0) is 19.1. The van der Waals surface area contributed by atoms with Gasteiger partial charge in [0, 0.05) is 24.4 Å². The molecule has 0 amide bonds. The number of benzene rings is 2. The van der Waals surface area contributed by atoms with Gasteiger partial charge in [0.2, 0.25) is 0 Å². The molecule has 0 aliphatic rings. The van der Waals surface area contributed by atoms with Crippen molar-refractivity contribution in [2.24, 2.45) is 0 Å². The fourth-order valence-corrected chi connectivity index (χ4v) is 2.22. The maximum absolute atomic E-state index is 12.1. The second-order valence-electron chi connectivity index (χ2n) is 5.10. The lowest BCUT2D eigenvalue weighted by atomic mass is 10.1. The lowest BCUT2D eigenvalue weighted by Crippen LogP contribution is -2.32. The minimum Gasteiger partial charge on any atom is -0.435 e. The van der Waals surface area contributed by atoms with Crippen LogP contribution in [0.3, 0.4) is 0 Å². The van der Waals surface area contributed by atoms with Gasteiger partial charge in [-0.2, -0.15) is 8.78 Å². The highest BCUT2D eigenvalue weighted by atomic mass is 32.1. The number of halogens is 2. The summed E-state index contributed by atoms with van der Waals surface area (Å²) in [6.07, 6.45) is -0.919. The van der Waals surface area contributed by atoms with Gasteiger partial charge < -0.3 is 20.5 Å². The highest BCUT2D eigenvalue weighted by Crippen LogP contribution is 2.19. The van der Waals surface area contributed by atoms with Gasteiger partial charge in [-0.3, -0.25) is 10.1 Å². The zero-order valence-electron chi connectivity index (χ0n) is 13.3. The summed E-state index contributed by atoms with van der Waals surface area (Å²) in [5.41, 5.74) is 0.985. The molecule has 0 spiro atoms. The number of hydrogen-bond acceptors (Lipinski definition) is 5. The number of non-ortho nitro benzene ring substituents is 1. The predicted octanol–water partition coefficient (Wildman–Crippen LogP) is 3.22. The van der Waals surface area contributed by atoms with E-state index in [2.05, 4.69) is 15.4 Å². The van der Waals surface area contributed by atoms with E-state index in [1.54, 1.807) is 0 Å². The second kappa shape index (κ2) is 9.02. The first kappa shape index (κ1) is 19.5. The van der Waals surface area contributed by atoms with Crippen LogP contribution in [0.15, 0.2) is 48.5 Å². The number of anilines is 1. The van der Waals surface area contributed by atoms with Crippen LogP contribution in [0, 0.1) is 10.1 Å². The van der Waals surface area contributed by atoms with Crippen molar-refractivity contribution in [1.29, 1.82) is 0 Å². The van der Waals surface area contributed by atoms with Crippen molar-refractivity contribution in [3.8, 4) is 5.75 Å². The van der Waals surface area contributed by atoms with Crippen LogP contribution in [-0.2, 0) is 0 Å². The van der Waals surface area contributed by atoms with E-state index in [0.717, 1.165) is 0 Å². The predicted molar refractivity (Wildman–Crippen MR) is 95.4 cm³/mol. The normalized spacial score (nSPS) is 11.7. The Hall–Kier alpha value is -2.85. The maximum atomic E-state index is 12.1. The molecule has 2 aromatic rings. The third-order valence-corrected chi connectivity index (χ3v) is 3.53. The topological polar surface area (TPSA) is 96.7 Å². The molecule has 0 aromatic heterocycles. The average Bonchev–Trinajstić information content (AvgIpc) is 2.61. The first-order valence-electron chi connectivity index (χ1n) is 7.37. The van der Waals surface area contributed by atoms with Gasteiger partial charge in [0.15, 0.2) is 5.11 Å². The smallest absolute Gasteiger partial charge is 0.387 e. The fraction of sp³-hybridized carbons (Fsp3) is 0.188. The maximum Gasteiger partial charge on any atom is 0.387 e. The number of nitrogens with one attached hydrogen (secondary N) is 2. The number of nitro groups is 1. The molecular formula is C16H15F2N3O4S. The summed E-state index contributed by atoms with van der Waals surface area (Å²) in [4.78, 5) is 10.1. The molecule has 0 aliphatic heterocycles. The molecule has 10 heteroatoms. The van der Waals surface area contributed by atoms with Gasteiger partial charge in [-0.25, -0.2) is 0 Å². The molecule has 0 radical (unpaired) electrons. The summed E-state index contributed by atoms with van der Waals surface area (Å²) >= 11 is 5.09. The van der Waals surface area contributed by atoms with Gasteiger partial charge in [-0.1, -0.05) is 0 Å². The van der Waals surface area contributed by atoms with E-state index in [0.29, 0.717) is 11.3 Å². The Bertz CT molecular complexity index is 757. The monoisotopic (exact) mass is 383 g/mol. The minimum absolute atomic E-state index is 0.0259. The van der Waals surface area contributed by atoms with Crippen molar-refractivity contribution in [3.63, 3.8) is 0 Å². The molecule has 2 aromatic carbocycles. The Balaban J connectivity index is 1.83. The lowest BCUT2D eigenvalue weighted by Gasteiger charge is -2.15. The van der Waals surface area contributed by atoms with E-state index in [1.807, 2.05) is 0 Å². The van der Waals surface area contributed by atoms with Crippen LogP contribution in [0.4, 0.5) is 20.2 Å². The summed E-state index contributed by atoms with van der Waals surface area (Å²) in [7, 11) is 0. The average molecular weight is 383 g/mol. The molecular weight excluding hydrogens is 368 g/mol. The number of nitrogens with zero attached hydrogens (tertiary/aromatic N) is 1. The van der Waals surface area contributed by atoms with E-state index < -0.39 is 17.6 Å². The molecule has 0 unspecified atom stereocenters. The summed E-state index contributed by atoms with van der Waals surface area (Å²) in [6, 6.07) is 11.3. The van der Waals surface area contributed by atoms with Crippen molar-refractivity contribution in [3.05, 3.63) is 64.2 Å². The summed E-state index contributed by atoms with van der Waals surface area (Å²) in [6.45, 7) is -2.81. The number of hydrogen-bond donors (Lipinski definition) is 3. The van der Waals surface area contributed by atoms with E-state index in [9.17, 15) is 24.0 Å². The van der Waals surface area contributed by atoms with Crippen LogP contribution >= 0.6 is 12.2 Å². The molecule has 0 fully saturated rings. The molecule has 2 rings (SSSR count). The Morgan fingerprint density at radius 2 is 1.81 bits per heavy atom. The first-order chi connectivity index (χ1) is 12.3. The van der Waals surface area contributed by atoms with Gasteiger partial charge in [0.05, 0.1) is 11.0 Å². The van der Waals surface area contributed by atoms with E-state index in [-0.39, 0.29) is 23.1 Å². The van der Waals surface area contributed by atoms with Gasteiger partial charge >= 0.3 is 6.61 Å². The summed E-state index contributed by atoms with van der Waals surface area (Å²) < 4.78 is 28.4. The van der Waals surface area contributed by atoms with Gasteiger partial charge in [0.25, 0.3) is 5.69 Å². The summed E-state index contributed by atoms with van der Waals surface area (Å²) in [5.74, 6) is 0.0259. The van der Waals surface area contributed by atoms with Gasteiger partial charge in [-0.05, 0) is 54.2 Å². The molecule has 26 heavy (non-hydrogen) atoms. The minimum atomic E-state index is -2.89. The number of alkyl halides is 2. The van der Waals surface area contributed by atoms with Crippen molar-refractivity contribution < 1.29 is 23.5 Å². The Labute approximate surface area is 152 Å². The van der Waals surface area contributed by atoms with Crippen molar-refractivity contribution in [1.82, 2.24) is 5.32 Å². The standard InChI is InChI=1S/C16H15F2N3O4S/c17-15(18)25-13-7-3-11(4-8-13)20-16(26)19-9-14(22)10-1-5-12(6-2-10)21(23)24/h1-8,14-15,22H,9H2,(H2,19,20,26)/t14-/m0/s1. The zero-order valence-corrected chi connectivity index (χ0v) is 14.1. The SMILES string of the molecule is O=[N+]([O-])c1ccc([C@@H](O)CNC(=S)Nc2ccc(OC(F)F)cc2)cc1. The number of ether oxygens (including phenoxy) is 1. The second-order valence-corrected chi connectivity index (χ2v) is 5.51. The highest BCUT2D eigenvalue weighted by Gasteiger charge is 2.11. The molecule has 0 saturated carbocycles. The number of thiocarbonyl (C=S) groups is 1. The third-order valence-electron chi connectivity index (χ3n) is 3.28. The van der Waals surface area contributed by atoms with Crippen LogP contribution in [0.2, 0.25) is 0 Å².